The topological polar surface area (TPSA) is 53.5 Å². The van der Waals surface area contributed by atoms with Gasteiger partial charge in [-0.25, -0.2) is 5.43 Å². The lowest BCUT2D eigenvalue weighted by Crippen LogP contribution is -2.20. The van der Waals surface area contributed by atoms with Gasteiger partial charge in [-0.3, -0.25) is 0 Å². The molecule has 0 radical (unpaired) electrons. The number of hydrogen-bond acceptors (Lipinski definition) is 4. The van der Waals surface area contributed by atoms with Crippen LogP contribution in [0.5, 0.6) is 5.75 Å². The third kappa shape index (κ3) is 3.98. The number of hydrazine groups is 1. The predicted octanol–water partition coefficient (Wildman–Crippen LogP) is 2.69. The molecular formula is C16H20N2O2. The summed E-state index contributed by atoms with van der Waals surface area (Å²) in [5.41, 5.74) is 9.18. The lowest BCUT2D eigenvalue weighted by atomic mass is 10.1. The third-order valence-electron chi connectivity index (χ3n) is 2.89. The van der Waals surface area contributed by atoms with Gasteiger partial charge in [-0.1, -0.05) is 24.3 Å². The van der Waals surface area contributed by atoms with Crippen LogP contribution in [-0.2, 0) is 13.2 Å². The molecule has 0 atom stereocenters. The number of aliphatic hydroxyl groups is 1. The van der Waals surface area contributed by atoms with Gasteiger partial charge in [0.25, 0.3) is 0 Å². The van der Waals surface area contributed by atoms with Crippen molar-refractivity contribution in [2.75, 3.05) is 12.0 Å². The number of aliphatic hydroxyl groups excluding tert-OH is 1. The summed E-state index contributed by atoms with van der Waals surface area (Å²) >= 11 is 0. The fourth-order valence-electron chi connectivity index (χ4n) is 1.93. The van der Waals surface area contributed by atoms with Crippen molar-refractivity contribution in [2.45, 2.75) is 20.1 Å². The molecule has 0 aliphatic heterocycles. The van der Waals surface area contributed by atoms with Crippen molar-refractivity contribution in [2.24, 2.45) is 0 Å². The van der Waals surface area contributed by atoms with E-state index in [1.165, 1.54) is 0 Å². The van der Waals surface area contributed by atoms with Gasteiger partial charge in [-0.2, -0.15) is 0 Å². The molecule has 0 unspecified atom stereocenters. The molecule has 4 heteroatoms. The first kappa shape index (κ1) is 14.4. The molecule has 0 bridgehead atoms. The smallest absolute Gasteiger partial charge is 0.124 e. The van der Waals surface area contributed by atoms with Crippen molar-refractivity contribution in [3.63, 3.8) is 0 Å². The highest BCUT2D eigenvalue weighted by atomic mass is 16.5. The fourth-order valence-corrected chi connectivity index (χ4v) is 1.93. The van der Waals surface area contributed by atoms with Crippen LogP contribution < -0.4 is 15.6 Å². The Labute approximate surface area is 119 Å². The second-order valence-corrected chi connectivity index (χ2v) is 4.38. The van der Waals surface area contributed by atoms with Crippen molar-refractivity contribution in [1.82, 2.24) is 5.43 Å². The summed E-state index contributed by atoms with van der Waals surface area (Å²) in [6.07, 6.45) is 0. The van der Waals surface area contributed by atoms with Crippen LogP contribution in [0.2, 0.25) is 0 Å². The Morgan fingerprint density at radius 3 is 2.60 bits per heavy atom. The zero-order chi connectivity index (χ0) is 14.2. The second-order valence-electron chi connectivity index (χ2n) is 4.38. The van der Waals surface area contributed by atoms with Crippen LogP contribution in [0, 0.1) is 0 Å². The van der Waals surface area contributed by atoms with Crippen LogP contribution in [0.25, 0.3) is 0 Å². The fraction of sp³-hybridized carbons (Fsp3) is 0.250. The summed E-state index contributed by atoms with van der Waals surface area (Å²) in [4.78, 5) is 0. The summed E-state index contributed by atoms with van der Waals surface area (Å²) in [6.45, 7) is 3.17. The average Bonchev–Trinajstić information content (AvgIpc) is 2.50. The van der Waals surface area contributed by atoms with Gasteiger partial charge in [-0.15, -0.1) is 0 Å². The molecule has 0 aromatic heterocycles. The second kappa shape index (κ2) is 7.53. The largest absolute Gasteiger partial charge is 0.494 e. The van der Waals surface area contributed by atoms with E-state index in [4.69, 9.17) is 4.74 Å². The molecule has 0 aliphatic rings. The van der Waals surface area contributed by atoms with Crippen LogP contribution in [0.3, 0.4) is 0 Å². The normalized spacial score (nSPS) is 10.3. The molecule has 0 saturated carbocycles. The quantitative estimate of drug-likeness (QED) is 0.678. The molecule has 0 spiro atoms. The van der Waals surface area contributed by atoms with E-state index in [1.54, 1.807) is 0 Å². The molecule has 20 heavy (non-hydrogen) atoms. The van der Waals surface area contributed by atoms with Crippen molar-refractivity contribution >= 4 is 5.69 Å². The Balaban J connectivity index is 1.93. The van der Waals surface area contributed by atoms with Gasteiger partial charge in [0.15, 0.2) is 0 Å². The molecule has 0 aliphatic carbocycles. The molecule has 3 N–H and O–H groups in total. The van der Waals surface area contributed by atoms with Crippen LogP contribution >= 0.6 is 0 Å². The molecule has 0 fully saturated rings. The summed E-state index contributed by atoms with van der Waals surface area (Å²) in [7, 11) is 0. The van der Waals surface area contributed by atoms with Gasteiger partial charge in [0.05, 0.1) is 13.2 Å². The third-order valence-corrected chi connectivity index (χ3v) is 2.89. The number of anilines is 1. The van der Waals surface area contributed by atoms with E-state index in [0.717, 1.165) is 22.6 Å². The van der Waals surface area contributed by atoms with E-state index in [-0.39, 0.29) is 6.61 Å². The van der Waals surface area contributed by atoms with E-state index >= 15 is 0 Å². The molecule has 0 amide bonds. The lowest BCUT2D eigenvalue weighted by Gasteiger charge is -2.12. The van der Waals surface area contributed by atoms with Gasteiger partial charge in [0.1, 0.15) is 5.75 Å². The monoisotopic (exact) mass is 272 g/mol. The van der Waals surface area contributed by atoms with Gasteiger partial charge >= 0.3 is 0 Å². The van der Waals surface area contributed by atoms with Crippen LogP contribution in [0.1, 0.15) is 18.1 Å². The van der Waals surface area contributed by atoms with Crippen LogP contribution in [-0.4, -0.2) is 11.7 Å². The molecular weight excluding hydrogens is 252 g/mol. The first-order valence-electron chi connectivity index (χ1n) is 6.73. The average molecular weight is 272 g/mol. The maximum atomic E-state index is 9.36. The van der Waals surface area contributed by atoms with Crippen molar-refractivity contribution in [1.29, 1.82) is 0 Å². The van der Waals surface area contributed by atoms with E-state index < -0.39 is 0 Å². The number of hydrogen-bond donors (Lipinski definition) is 3. The first-order chi connectivity index (χ1) is 9.83. The van der Waals surface area contributed by atoms with Crippen molar-refractivity contribution < 1.29 is 9.84 Å². The van der Waals surface area contributed by atoms with Gasteiger partial charge in [0.2, 0.25) is 0 Å². The Morgan fingerprint density at radius 2 is 1.90 bits per heavy atom. The SMILES string of the molecule is CCOc1ccc(CNNc2ccccc2)cc1CO. The van der Waals surface area contributed by atoms with E-state index in [2.05, 4.69) is 10.9 Å². The molecule has 4 nitrogen and oxygen atoms in total. The highest BCUT2D eigenvalue weighted by Gasteiger charge is 2.03. The van der Waals surface area contributed by atoms with Gasteiger partial charge < -0.3 is 15.3 Å². The molecule has 0 saturated heterocycles. The van der Waals surface area contributed by atoms with E-state index in [9.17, 15) is 5.11 Å². The Hall–Kier alpha value is -2.04. The molecule has 0 heterocycles. The van der Waals surface area contributed by atoms with E-state index in [0.29, 0.717) is 13.2 Å². The number of rotatable bonds is 7. The number of ether oxygens (including phenoxy) is 1. The maximum absolute atomic E-state index is 9.36. The number of para-hydroxylation sites is 1. The number of nitrogens with one attached hydrogen (secondary N) is 2. The molecule has 2 aromatic rings. The Bertz CT molecular complexity index is 529. The van der Waals surface area contributed by atoms with E-state index in [1.807, 2.05) is 55.5 Å². The summed E-state index contributed by atoms with van der Waals surface area (Å²) < 4.78 is 5.46. The van der Waals surface area contributed by atoms with Crippen LogP contribution in [0.15, 0.2) is 48.5 Å². The van der Waals surface area contributed by atoms with Crippen molar-refractivity contribution in [3.8, 4) is 5.75 Å². The van der Waals surface area contributed by atoms with Gasteiger partial charge in [-0.05, 0) is 36.8 Å². The minimum absolute atomic E-state index is 0.0186. The highest BCUT2D eigenvalue weighted by Crippen LogP contribution is 2.20. The lowest BCUT2D eigenvalue weighted by molar-refractivity contribution is 0.267. The number of benzene rings is 2. The highest BCUT2D eigenvalue weighted by molar-refractivity contribution is 5.41. The molecule has 106 valence electrons. The Morgan fingerprint density at radius 1 is 1.10 bits per heavy atom. The Kier molecular flexibility index (Phi) is 5.41. The predicted molar refractivity (Wildman–Crippen MR) is 80.4 cm³/mol. The standard InChI is InChI=1S/C16H20N2O2/c1-2-20-16-9-8-13(10-14(16)12-19)11-17-18-15-6-4-3-5-7-15/h3-10,17-19H,2,11-12H2,1H3. The molecule has 2 rings (SSSR count). The van der Waals surface area contributed by atoms with Gasteiger partial charge in [0, 0.05) is 17.8 Å². The zero-order valence-electron chi connectivity index (χ0n) is 11.6. The maximum Gasteiger partial charge on any atom is 0.124 e. The van der Waals surface area contributed by atoms with Crippen LogP contribution in [0.4, 0.5) is 5.69 Å². The van der Waals surface area contributed by atoms with Crippen molar-refractivity contribution in [3.05, 3.63) is 59.7 Å². The minimum atomic E-state index is -0.0186. The summed E-state index contributed by atoms with van der Waals surface area (Å²) in [5.74, 6) is 0.745. The minimum Gasteiger partial charge on any atom is -0.494 e. The summed E-state index contributed by atoms with van der Waals surface area (Å²) in [5, 5.41) is 9.36. The first-order valence-corrected chi connectivity index (χ1v) is 6.73. The summed E-state index contributed by atoms with van der Waals surface area (Å²) in [6, 6.07) is 15.7. The molecule has 2 aromatic carbocycles. The zero-order valence-corrected chi connectivity index (χ0v) is 11.6.